The van der Waals surface area contributed by atoms with Gasteiger partial charge in [0.05, 0.1) is 5.69 Å². The molecule has 22 heavy (non-hydrogen) atoms. The number of aromatic nitrogens is 1. The number of oxazole rings is 1. The Bertz CT molecular complexity index is 871. The van der Waals surface area contributed by atoms with E-state index in [1.54, 1.807) is 24.3 Å². The van der Waals surface area contributed by atoms with Crippen molar-refractivity contribution in [3.8, 4) is 11.5 Å². The summed E-state index contributed by atoms with van der Waals surface area (Å²) in [4.78, 5) is 28.8. The number of nitrogens with zero attached hydrogens (tertiary/aromatic N) is 2. The van der Waals surface area contributed by atoms with Crippen LogP contribution in [0.1, 0.15) is 0 Å². The zero-order valence-corrected chi connectivity index (χ0v) is 11.4. The predicted molar refractivity (Wildman–Crippen MR) is 81.1 cm³/mol. The molecule has 5 heteroatoms. The monoisotopic (exact) mass is 290 g/mol. The van der Waals surface area contributed by atoms with Crippen LogP contribution in [0.4, 0.5) is 5.69 Å². The lowest BCUT2D eigenvalue weighted by Gasteiger charge is -2.13. The molecular weight excluding hydrogens is 280 g/mol. The van der Waals surface area contributed by atoms with Crippen molar-refractivity contribution < 1.29 is 14.0 Å². The summed E-state index contributed by atoms with van der Waals surface area (Å²) in [7, 11) is 0. The molecule has 2 heterocycles. The fourth-order valence-electron chi connectivity index (χ4n) is 2.40. The summed E-state index contributed by atoms with van der Waals surface area (Å²) in [5, 5.41) is 0. The van der Waals surface area contributed by atoms with Crippen molar-refractivity contribution in [2.75, 3.05) is 4.90 Å². The summed E-state index contributed by atoms with van der Waals surface area (Å²) < 4.78 is 5.69. The molecule has 3 aromatic rings. The number of rotatable bonds is 2. The van der Waals surface area contributed by atoms with Gasteiger partial charge in [0.2, 0.25) is 5.89 Å². The predicted octanol–water partition coefficient (Wildman–Crippen LogP) is 2.92. The molecule has 106 valence electrons. The van der Waals surface area contributed by atoms with E-state index in [1.165, 1.54) is 12.2 Å². The number of fused-ring (bicyclic) bond motifs is 1. The van der Waals surface area contributed by atoms with Crippen LogP contribution in [0.5, 0.6) is 0 Å². The van der Waals surface area contributed by atoms with E-state index in [-0.39, 0.29) is 11.8 Å². The van der Waals surface area contributed by atoms with Gasteiger partial charge < -0.3 is 4.42 Å². The lowest BCUT2D eigenvalue weighted by molar-refractivity contribution is -0.119. The first-order valence-corrected chi connectivity index (χ1v) is 6.74. The number of amides is 2. The van der Waals surface area contributed by atoms with E-state index in [1.807, 2.05) is 24.3 Å². The fraction of sp³-hybridized carbons (Fsp3) is 0. The summed E-state index contributed by atoms with van der Waals surface area (Å²) in [6, 6.07) is 14.5. The molecule has 0 bridgehead atoms. The zero-order valence-electron chi connectivity index (χ0n) is 11.4. The molecule has 1 aliphatic rings. The van der Waals surface area contributed by atoms with Crippen molar-refractivity contribution in [3.63, 3.8) is 0 Å². The number of anilines is 1. The molecule has 0 atom stereocenters. The maximum atomic E-state index is 11.6. The first kappa shape index (κ1) is 12.5. The van der Waals surface area contributed by atoms with Crippen molar-refractivity contribution in [1.82, 2.24) is 4.98 Å². The van der Waals surface area contributed by atoms with E-state index >= 15 is 0 Å². The minimum absolute atomic E-state index is 0.334. The topological polar surface area (TPSA) is 63.4 Å². The second-order valence-corrected chi connectivity index (χ2v) is 4.88. The Labute approximate surface area is 125 Å². The van der Waals surface area contributed by atoms with Gasteiger partial charge in [-0.25, -0.2) is 9.88 Å². The first-order chi connectivity index (χ1) is 10.7. The summed E-state index contributed by atoms with van der Waals surface area (Å²) in [5.74, 6) is -0.163. The lowest BCUT2D eigenvalue weighted by atomic mass is 10.2. The van der Waals surface area contributed by atoms with E-state index in [0.717, 1.165) is 21.6 Å². The average Bonchev–Trinajstić information content (AvgIpc) is 3.11. The van der Waals surface area contributed by atoms with Crippen molar-refractivity contribution in [2.24, 2.45) is 0 Å². The van der Waals surface area contributed by atoms with Crippen LogP contribution >= 0.6 is 0 Å². The second kappa shape index (κ2) is 4.66. The van der Waals surface area contributed by atoms with Crippen molar-refractivity contribution in [2.45, 2.75) is 0 Å². The van der Waals surface area contributed by atoms with E-state index in [9.17, 15) is 9.59 Å². The smallest absolute Gasteiger partial charge is 0.258 e. The van der Waals surface area contributed by atoms with Crippen molar-refractivity contribution in [1.29, 1.82) is 0 Å². The number of carbonyl (C=O) groups excluding carboxylic acids is 2. The van der Waals surface area contributed by atoms with E-state index < -0.39 is 0 Å². The van der Waals surface area contributed by atoms with Gasteiger partial charge in [-0.05, 0) is 36.4 Å². The minimum atomic E-state index is -0.334. The van der Waals surface area contributed by atoms with E-state index in [4.69, 9.17) is 4.42 Å². The Morgan fingerprint density at radius 2 is 1.55 bits per heavy atom. The van der Waals surface area contributed by atoms with Crippen molar-refractivity contribution in [3.05, 3.63) is 60.7 Å². The molecule has 1 aliphatic heterocycles. The summed E-state index contributed by atoms with van der Waals surface area (Å²) >= 11 is 0. The Kier molecular flexibility index (Phi) is 2.66. The molecule has 1 aromatic heterocycles. The van der Waals surface area contributed by atoms with Crippen LogP contribution in [0, 0.1) is 0 Å². The quantitative estimate of drug-likeness (QED) is 0.681. The third-order valence-electron chi connectivity index (χ3n) is 3.48. The molecule has 0 N–H and O–H groups in total. The van der Waals surface area contributed by atoms with Gasteiger partial charge in [0.15, 0.2) is 5.58 Å². The van der Waals surface area contributed by atoms with E-state index in [0.29, 0.717) is 11.6 Å². The third kappa shape index (κ3) is 1.91. The third-order valence-corrected chi connectivity index (χ3v) is 3.48. The van der Waals surface area contributed by atoms with Crippen LogP contribution < -0.4 is 4.90 Å². The van der Waals surface area contributed by atoms with Crippen LogP contribution in [-0.2, 0) is 9.59 Å². The van der Waals surface area contributed by atoms with Crippen LogP contribution in [0.15, 0.2) is 65.1 Å². The molecule has 0 spiro atoms. The van der Waals surface area contributed by atoms with Crippen LogP contribution in [0.2, 0.25) is 0 Å². The molecule has 2 amide bonds. The Hall–Kier alpha value is -3.21. The fourth-order valence-corrected chi connectivity index (χ4v) is 2.40. The van der Waals surface area contributed by atoms with Gasteiger partial charge in [-0.1, -0.05) is 12.1 Å². The largest absolute Gasteiger partial charge is 0.436 e. The Balaban J connectivity index is 1.70. The average molecular weight is 290 g/mol. The molecule has 4 rings (SSSR count). The normalized spacial score (nSPS) is 14.3. The molecule has 0 radical (unpaired) electrons. The van der Waals surface area contributed by atoms with Gasteiger partial charge in [-0.2, -0.15) is 0 Å². The summed E-state index contributed by atoms with van der Waals surface area (Å²) in [5.41, 5.74) is 2.82. The number of hydrogen-bond donors (Lipinski definition) is 0. The highest BCUT2D eigenvalue weighted by molar-refractivity contribution is 6.28. The van der Waals surface area contributed by atoms with Gasteiger partial charge in [-0.15, -0.1) is 0 Å². The molecule has 5 nitrogen and oxygen atoms in total. The maximum absolute atomic E-state index is 11.6. The highest BCUT2D eigenvalue weighted by atomic mass is 16.3. The van der Waals surface area contributed by atoms with Gasteiger partial charge in [0, 0.05) is 17.7 Å². The molecule has 0 unspecified atom stereocenters. The molecule has 2 aromatic carbocycles. The first-order valence-electron chi connectivity index (χ1n) is 6.74. The molecular formula is C17H10N2O3. The minimum Gasteiger partial charge on any atom is -0.436 e. The van der Waals surface area contributed by atoms with Crippen LogP contribution in [0.3, 0.4) is 0 Å². The Morgan fingerprint density at radius 3 is 2.23 bits per heavy atom. The number of carbonyl (C=O) groups is 2. The van der Waals surface area contributed by atoms with E-state index in [2.05, 4.69) is 4.98 Å². The number of imide groups is 1. The molecule has 0 saturated carbocycles. The SMILES string of the molecule is O=C1C=CC(=O)N1c1ccc(-c2nc3ccccc3o2)cc1. The second-order valence-electron chi connectivity index (χ2n) is 4.88. The highest BCUT2D eigenvalue weighted by Gasteiger charge is 2.25. The van der Waals surface area contributed by atoms with Gasteiger partial charge >= 0.3 is 0 Å². The number of benzene rings is 2. The summed E-state index contributed by atoms with van der Waals surface area (Å²) in [6.07, 6.45) is 2.52. The lowest BCUT2D eigenvalue weighted by Crippen LogP contribution is -2.29. The molecule has 0 fully saturated rings. The maximum Gasteiger partial charge on any atom is 0.258 e. The number of para-hydroxylation sites is 2. The number of hydrogen-bond acceptors (Lipinski definition) is 4. The van der Waals surface area contributed by atoms with Gasteiger partial charge in [0.1, 0.15) is 5.52 Å². The standard InChI is InChI=1S/C17H10N2O3/c20-15-9-10-16(21)19(15)12-7-5-11(6-8-12)17-18-13-3-1-2-4-14(13)22-17/h1-10H. The highest BCUT2D eigenvalue weighted by Crippen LogP contribution is 2.27. The van der Waals surface area contributed by atoms with Gasteiger partial charge in [-0.3, -0.25) is 9.59 Å². The molecule has 0 aliphatic carbocycles. The summed E-state index contributed by atoms with van der Waals surface area (Å²) in [6.45, 7) is 0. The van der Waals surface area contributed by atoms with Crippen LogP contribution in [-0.4, -0.2) is 16.8 Å². The van der Waals surface area contributed by atoms with Gasteiger partial charge in [0.25, 0.3) is 11.8 Å². The zero-order chi connectivity index (χ0) is 15.1. The van der Waals surface area contributed by atoms with Crippen molar-refractivity contribution >= 4 is 28.6 Å². The Morgan fingerprint density at radius 1 is 0.864 bits per heavy atom. The van der Waals surface area contributed by atoms with Crippen LogP contribution in [0.25, 0.3) is 22.6 Å². The molecule has 0 saturated heterocycles.